The second-order valence-corrected chi connectivity index (χ2v) is 11.9. The molecule has 10 nitrogen and oxygen atoms in total. The molecule has 5 atom stereocenters. The average Bonchev–Trinajstić information content (AvgIpc) is 3.44. The minimum Gasteiger partial charge on any atom is -0.508 e. The highest BCUT2D eigenvalue weighted by Crippen LogP contribution is 2.36. The zero-order valence-electron chi connectivity index (χ0n) is 25.8. The lowest BCUT2D eigenvalue weighted by Crippen LogP contribution is -2.55. The van der Waals surface area contributed by atoms with Gasteiger partial charge in [-0.3, -0.25) is 19.2 Å². The fraction of sp³-hybridized carbons (Fsp3) is 0.243. The monoisotopic (exact) mass is 633 g/mol. The normalized spacial score (nSPS) is 17.0. The van der Waals surface area contributed by atoms with Gasteiger partial charge < -0.3 is 32.5 Å². The van der Waals surface area contributed by atoms with Gasteiger partial charge in [0, 0.05) is 12.8 Å². The summed E-state index contributed by atoms with van der Waals surface area (Å²) in [6, 6.07) is 28.8. The van der Waals surface area contributed by atoms with Crippen molar-refractivity contribution in [2.24, 2.45) is 17.4 Å². The van der Waals surface area contributed by atoms with E-state index in [0.29, 0.717) is 6.42 Å². The molecule has 4 aromatic carbocycles. The summed E-state index contributed by atoms with van der Waals surface area (Å²) in [6.07, 6.45) is 0.951. The molecule has 8 N–H and O–H groups in total. The van der Waals surface area contributed by atoms with Crippen molar-refractivity contribution >= 4 is 23.6 Å². The first-order chi connectivity index (χ1) is 22.7. The van der Waals surface area contributed by atoms with Crippen LogP contribution in [0.3, 0.4) is 0 Å². The molecule has 0 saturated carbocycles. The summed E-state index contributed by atoms with van der Waals surface area (Å²) in [6.45, 7) is 0. The summed E-state index contributed by atoms with van der Waals surface area (Å²) in [5.74, 6) is -2.70. The van der Waals surface area contributed by atoms with Gasteiger partial charge in [0.05, 0.1) is 18.0 Å². The lowest BCUT2D eigenvalue weighted by Gasteiger charge is -2.27. The van der Waals surface area contributed by atoms with Crippen molar-refractivity contribution in [3.8, 4) is 5.75 Å². The number of fused-ring (bicyclic) bond motifs is 1. The Labute approximate surface area is 273 Å². The van der Waals surface area contributed by atoms with Gasteiger partial charge in [0.25, 0.3) is 0 Å². The third-order valence-electron chi connectivity index (χ3n) is 8.45. The number of aromatic hydroxyl groups is 1. The summed E-state index contributed by atoms with van der Waals surface area (Å²) in [7, 11) is 0. The molecule has 0 unspecified atom stereocenters. The maximum atomic E-state index is 14.0. The van der Waals surface area contributed by atoms with E-state index in [1.54, 1.807) is 12.1 Å². The van der Waals surface area contributed by atoms with Gasteiger partial charge in [-0.15, -0.1) is 0 Å². The highest BCUT2D eigenvalue weighted by Gasteiger charge is 2.40. The van der Waals surface area contributed by atoms with E-state index >= 15 is 0 Å². The minimum absolute atomic E-state index is 0.115. The number of nitrogens with one attached hydrogen (secondary N) is 3. The van der Waals surface area contributed by atoms with Crippen molar-refractivity contribution in [3.63, 3.8) is 0 Å². The minimum atomic E-state index is -1.03. The molecule has 1 aliphatic rings. The van der Waals surface area contributed by atoms with Crippen LogP contribution in [0.4, 0.5) is 0 Å². The van der Waals surface area contributed by atoms with Crippen molar-refractivity contribution in [1.29, 1.82) is 0 Å². The lowest BCUT2D eigenvalue weighted by molar-refractivity contribution is -0.133. The molecule has 0 heterocycles. The van der Waals surface area contributed by atoms with Crippen molar-refractivity contribution in [2.45, 2.75) is 49.9 Å². The van der Waals surface area contributed by atoms with E-state index in [0.717, 1.165) is 27.8 Å². The number of carbonyl (C=O) groups excluding carboxylic acids is 4. The maximum Gasteiger partial charge on any atom is 0.243 e. The van der Waals surface area contributed by atoms with E-state index in [1.165, 1.54) is 12.1 Å². The lowest BCUT2D eigenvalue weighted by atomic mass is 9.96. The van der Waals surface area contributed by atoms with Crippen LogP contribution in [0, 0.1) is 5.92 Å². The van der Waals surface area contributed by atoms with Crippen molar-refractivity contribution in [3.05, 3.63) is 137 Å². The number of hydrogen-bond acceptors (Lipinski definition) is 6. The standard InChI is InChI=1S/C37H39N5O5/c38-30(19-25-15-17-27(43)18-16-25)36(46)42-33-28-14-8-7-13-26(28)22-29(33)35(45)41-32(21-24-11-5-2-6-12-24)37(47)40-31(34(39)44)20-23-9-3-1-4-10-23/h1-18,29-33,43H,19-22,38H2,(H2,39,44)(H,40,47)(H,41,45)(H,42,46)/t29-,30+,31+,32+,33+/m1/s1. The molecule has 0 aromatic heterocycles. The molecule has 0 radical (unpaired) electrons. The molecule has 0 bridgehead atoms. The van der Waals surface area contributed by atoms with Crippen LogP contribution < -0.4 is 27.4 Å². The zero-order valence-corrected chi connectivity index (χ0v) is 25.8. The van der Waals surface area contributed by atoms with Crippen LogP contribution in [-0.4, -0.2) is 46.9 Å². The second-order valence-electron chi connectivity index (χ2n) is 11.9. The molecule has 0 aliphatic heterocycles. The van der Waals surface area contributed by atoms with Crippen LogP contribution in [0.5, 0.6) is 5.75 Å². The highest BCUT2D eigenvalue weighted by atomic mass is 16.3. The molecule has 5 rings (SSSR count). The number of nitrogens with two attached hydrogens (primary N) is 2. The van der Waals surface area contributed by atoms with E-state index in [-0.39, 0.29) is 25.0 Å². The molecule has 0 saturated heterocycles. The smallest absolute Gasteiger partial charge is 0.243 e. The van der Waals surface area contributed by atoms with Gasteiger partial charge in [0.2, 0.25) is 23.6 Å². The summed E-state index contributed by atoms with van der Waals surface area (Å²) >= 11 is 0. The maximum absolute atomic E-state index is 14.0. The first-order valence-electron chi connectivity index (χ1n) is 15.6. The highest BCUT2D eigenvalue weighted by molar-refractivity contribution is 5.93. The summed E-state index contributed by atoms with van der Waals surface area (Å²) in [4.78, 5) is 53.5. The van der Waals surface area contributed by atoms with Gasteiger partial charge in [-0.05, 0) is 52.8 Å². The van der Waals surface area contributed by atoms with E-state index < -0.39 is 53.7 Å². The molecule has 47 heavy (non-hydrogen) atoms. The summed E-state index contributed by atoms with van der Waals surface area (Å²) < 4.78 is 0. The Bertz CT molecular complexity index is 1700. The van der Waals surface area contributed by atoms with Crippen LogP contribution in [0.25, 0.3) is 0 Å². The Morgan fingerprint density at radius 1 is 0.681 bits per heavy atom. The number of carbonyl (C=O) groups is 4. The van der Waals surface area contributed by atoms with E-state index in [1.807, 2.05) is 84.9 Å². The predicted molar refractivity (Wildman–Crippen MR) is 178 cm³/mol. The molecule has 4 aromatic rings. The fourth-order valence-corrected chi connectivity index (χ4v) is 5.94. The Morgan fingerprint density at radius 2 is 1.23 bits per heavy atom. The predicted octanol–water partition coefficient (Wildman–Crippen LogP) is 2.23. The first kappa shape index (κ1) is 32.9. The van der Waals surface area contributed by atoms with Crippen LogP contribution in [0.15, 0.2) is 109 Å². The number of hydrogen-bond donors (Lipinski definition) is 6. The average molecular weight is 634 g/mol. The molecule has 242 valence electrons. The fourth-order valence-electron chi connectivity index (χ4n) is 5.94. The largest absolute Gasteiger partial charge is 0.508 e. The van der Waals surface area contributed by atoms with Crippen molar-refractivity contribution < 1.29 is 24.3 Å². The van der Waals surface area contributed by atoms with Gasteiger partial charge >= 0.3 is 0 Å². The topological polar surface area (TPSA) is 177 Å². The molecule has 4 amide bonds. The Balaban J connectivity index is 1.34. The van der Waals surface area contributed by atoms with Crippen LogP contribution >= 0.6 is 0 Å². The Kier molecular flexibility index (Phi) is 10.6. The van der Waals surface area contributed by atoms with Crippen LogP contribution in [-0.2, 0) is 44.9 Å². The summed E-state index contributed by atoms with van der Waals surface area (Å²) in [5, 5.41) is 18.2. The van der Waals surface area contributed by atoms with Crippen LogP contribution in [0.1, 0.15) is 33.9 Å². The third-order valence-corrected chi connectivity index (χ3v) is 8.45. The number of phenols is 1. The molecule has 0 fully saturated rings. The molecular formula is C37H39N5O5. The van der Waals surface area contributed by atoms with Gasteiger partial charge in [0.1, 0.15) is 17.8 Å². The SMILES string of the molecule is NC(=O)[C@H](Cc1ccccc1)NC(=O)[C@H](Cc1ccccc1)NC(=O)[C@@H]1Cc2ccccc2[C@@H]1NC(=O)[C@@H](N)Cc1ccc(O)cc1. The quantitative estimate of drug-likeness (QED) is 0.132. The van der Waals surface area contributed by atoms with Crippen molar-refractivity contribution in [2.75, 3.05) is 0 Å². The second kappa shape index (κ2) is 15.2. The zero-order chi connectivity index (χ0) is 33.3. The third kappa shape index (κ3) is 8.62. The summed E-state index contributed by atoms with van der Waals surface area (Å²) in [5.41, 5.74) is 16.1. The number of rotatable bonds is 13. The number of primary amides is 1. The van der Waals surface area contributed by atoms with E-state index in [4.69, 9.17) is 11.5 Å². The Hall–Kier alpha value is -5.48. The number of benzene rings is 4. The van der Waals surface area contributed by atoms with Crippen molar-refractivity contribution in [1.82, 2.24) is 16.0 Å². The first-order valence-corrected chi connectivity index (χ1v) is 15.6. The Morgan fingerprint density at radius 3 is 1.85 bits per heavy atom. The number of phenolic OH excluding ortho intramolecular Hbond substituents is 1. The van der Waals surface area contributed by atoms with Gasteiger partial charge in [0.15, 0.2) is 0 Å². The van der Waals surface area contributed by atoms with E-state index in [9.17, 15) is 24.3 Å². The molecule has 1 aliphatic carbocycles. The van der Waals surface area contributed by atoms with Gasteiger partial charge in [-0.25, -0.2) is 0 Å². The molecule has 10 heteroatoms. The van der Waals surface area contributed by atoms with E-state index in [2.05, 4.69) is 16.0 Å². The molecule has 0 spiro atoms. The molecular weight excluding hydrogens is 594 g/mol. The van der Waals surface area contributed by atoms with Gasteiger partial charge in [-0.2, -0.15) is 0 Å². The van der Waals surface area contributed by atoms with Crippen LogP contribution in [0.2, 0.25) is 0 Å². The number of amides is 4. The van der Waals surface area contributed by atoms with Gasteiger partial charge in [-0.1, -0.05) is 97.1 Å².